The second kappa shape index (κ2) is 6.95. The Morgan fingerprint density at radius 3 is 2.37 bits per heavy atom. The summed E-state index contributed by atoms with van der Waals surface area (Å²) in [5, 5.41) is 0.537. The van der Waals surface area contributed by atoms with E-state index in [1.54, 1.807) is 24.3 Å². The number of carbonyl (C=O) groups is 2. The first kappa shape index (κ1) is 15.2. The third kappa shape index (κ3) is 5.14. The van der Waals surface area contributed by atoms with Crippen molar-refractivity contribution in [1.82, 2.24) is 0 Å². The van der Waals surface area contributed by atoms with E-state index >= 15 is 0 Å². The van der Waals surface area contributed by atoms with Crippen LogP contribution in [0.15, 0.2) is 30.3 Å². The molecule has 1 aromatic carbocycles. The van der Waals surface area contributed by atoms with Gasteiger partial charge in [-0.3, -0.25) is 4.79 Å². The number of hydrogen-bond acceptors (Lipinski definition) is 3. The third-order valence-corrected chi connectivity index (χ3v) is 2.49. The molecule has 0 saturated carbocycles. The summed E-state index contributed by atoms with van der Waals surface area (Å²) < 4.78 is 4.98. The van der Waals surface area contributed by atoms with Gasteiger partial charge in [-0.2, -0.15) is 0 Å². The van der Waals surface area contributed by atoms with Crippen LogP contribution in [0, 0.1) is 5.92 Å². The fraction of sp³-hybridized carbons (Fsp3) is 0.286. The van der Waals surface area contributed by atoms with E-state index < -0.39 is 11.9 Å². The van der Waals surface area contributed by atoms with Crippen molar-refractivity contribution in [3.05, 3.63) is 40.9 Å². The van der Waals surface area contributed by atoms with Crippen LogP contribution in [0.3, 0.4) is 0 Å². The average Bonchev–Trinajstić information content (AvgIpc) is 2.34. The van der Waals surface area contributed by atoms with Gasteiger partial charge in [0.15, 0.2) is 0 Å². The number of primary amides is 1. The van der Waals surface area contributed by atoms with Crippen LogP contribution in [0.2, 0.25) is 5.02 Å². The van der Waals surface area contributed by atoms with Crippen LogP contribution < -0.4 is 5.73 Å². The SMILES string of the molecule is CC(C)COC(=O)/C=C(\C(N)=O)c1ccc(Cl)cc1. The molecule has 4 nitrogen and oxygen atoms in total. The molecule has 0 spiro atoms. The molecular weight excluding hydrogens is 266 g/mol. The molecule has 0 saturated heterocycles. The van der Waals surface area contributed by atoms with Crippen LogP contribution in [0.4, 0.5) is 0 Å². The van der Waals surface area contributed by atoms with Crippen molar-refractivity contribution in [2.24, 2.45) is 11.7 Å². The molecule has 0 fully saturated rings. The molecule has 102 valence electrons. The largest absolute Gasteiger partial charge is 0.462 e. The van der Waals surface area contributed by atoms with E-state index in [-0.39, 0.29) is 11.5 Å². The van der Waals surface area contributed by atoms with Crippen molar-refractivity contribution < 1.29 is 14.3 Å². The quantitative estimate of drug-likeness (QED) is 0.665. The smallest absolute Gasteiger partial charge is 0.331 e. The molecule has 1 aromatic rings. The molecule has 0 atom stereocenters. The van der Waals surface area contributed by atoms with Crippen LogP contribution in [-0.2, 0) is 14.3 Å². The van der Waals surface area contributed by atoms with Crippen LogP contribution in [0.1, 0.15) is 19.4 Å². The Kier molecular flexibility index (Phi) is 5.57. The Balaban J connectivity index is 2.91. The van der Waals surface area contributed by atoms with Gasteiger partial charge >= 0.3 is 5.97 Å². The molecule has 0 bridgehead atoms. The monoisotopic (exact) mass is 281 g/mol. The zero-order chi connectivity index (χ0) is 14.4. The number of hydrogen-bond donors (Lipinski definition) is 1. The summed E-state index contributed by atoms with van der Waals surface area (Å²) in [7, 11) is 0. The van der Waals surface area contributed by atoms with E-state index in [1.165, 1.54) is 0 Å². The van der Waals surface area contributed by atoms with Gasteiger partial charge in [-0.1, -0.05) is 37.6 Å². The molecule has 19 heavy (non-hydrogen) atoms. The van der Waals surface area contributed by atoms with Gasteiger partial charge in [0.25, 0.3) is 0 Å². The minimum atomic E-state index is -0.691. The number of amides is 1. The van der Waals surface area contributed by atoms with Crippen LogP contribution >= 0.6 is 11.6 Å². The van der Waals surface area contributed by atoms with Gasteiger partial charge in [0.1, 0.15) is 0 Å². The average molecular weight is 282 g/mol. The minimum Gasteiger partial charge on any atom is -0.462 e. The highest BCUT2D eigenvalue weighted by Crippen LogP contribution is 2.17. The molecule has 0 aromatic heterocycles. The van der Waals surface area contributed by atoms with Crippen molar-refractivity contribution in [3.63, 3.8) is 0 Å². The Labute approximate surface area is 117 Å². The molecule has 0 radical (unpaired) electrons. The van der Waals surface area contributed by atoms with Crippen LogP contribution in [0.25, 0.3) is 5.57 Å². The maximum atomic E-state index is 11.6. The van der Waals surface area contributed by atoms with E-state index in [2.05, 4.69) is 0 Å². The summed E-state index contributed by atoms with van der Waals surface area (Å²) in [5.41, 5.74) is 5.89. The number of rotatable bonds is 5. The molecule has 0 heterocycles. The molecule has 0 aliphatic heterocycles. The zero-order valence-corrected chi connectivity index (χ0v) is 11.6. The number of ether oxygens (including phenoxy) is 1. The first-order chi connectivity index (χ1) is 8.90. The van der Waals surface area contributed by atoms with Gasteiger partial charge in [0.2, 0.25) is 5.91 Å². The van der Waals surface area contributed by atoms with Crippen LogP contribution in [0.5, 0.6) is 0 Å². The molecule has 1 amide bonds. The van der Waals surface area contributed by atoms with E-state index in [9.17, 15) is 9.59 Å². The molecule has 0 aliphatic carbocycles. The molecular formula is C14H16ClNO3. The van der Waals surface area contributed by atoms with Crippen molar-refractivity contribution >= 4 is 29.1 Å². The molecule has 2 N–H and O–H groups in total. The summed E-state index contributed by atoms with van der Waals surface area (Å²) in [6, 6.07) is 6.48. The summed E-state index contributed by atoms with van der Waals surface area (Å²) >= 11 is 5.76. The van der Waals surface area contributed by atoms with Gasteiger partial charge in [-0.25, -0.2) is 4.79 Å². The van der Waals surface area contributed by atoms with Crippen molar-refractivity contribution in [1.29, 1.82) is 0 Å². The highest BCUT2D eigenvalue weighted by molar-refractivity contribution is 6.30. The number of esters is 1. The van der Waals surface area contributed by atoms with E-state index in [1.807, 2.05) is 13.8 Å². The molecule has 5 heteroatoms. The highest BCUT2D eigenvalue weighted by atomic mass is 35.5. The lowest BCUT2D eigenvalue weighted by Crippen LogP contribution is -2.16. The van der Waals surface area contributed by atoms with Gasteiger partial charge in [0, 0.05) is 11.1 Å². The van der Waals surface area contributed by atoms with E-state index in [0.717, 1.165) is 6.08 Å². The Bertz CT molecular complexity index is 492. The standard InChI is InChI=1S/C14H16ClNO3/c1-9(2)8-19-13(17)7-12(14(16)18)10-3-5-11(15)6-4-10/h3-7,9H,8H2,1-2H3,(H2,16,18)/b12-7-. The molecule has 0 unspecified atom stereocenters. The Morgan fingerprint density at radius 1 is 1.32 bits per heavy atom. The predicted molar refractivity (Wildman–Crippen MR) is 74.4 cm³/mol. The van der Waals surface area contributed by atoms with Crippen molar-refractivity contribution in [3.8, 4) is 0 Å². The third-order valence-electron chi connectivity index (χ3n) is 2.24. The predicted octanol–water partition coefficient (Wildman–Crippen LogP) is 2.41. The first-order valence-corrected chi connectivity index (χ1v) is 6.22. The lowest BCUT2D eigenvalue weighted by Gasteiger charge is -2.06. The van der Waals surface area contributed by atoms with Crippen molar-refractivity contribution in [2.75, 3.05) is 6.61 Å². The zero-order valence-electron chi connectivity index (χ0n) is 10.9. The van der Waals surface area contributed by atoms with Gasteiger partial charge < -0.3 is 10.5 Å². The lowest BCUT2D eigenvalue weighted by atomic mass is 10.1. The number of carbonyl (C=O) groups excluding carboxylic acids is 2. The maximum absolute atomic E-state index is 11.6. The fourth-order valence-corrected chi connectivity index (χ4v) is 1.46. The first-order valence-electron chi connectivity index (χ1n) is 5.84. The highest BCUT2D eigenvalue weighted by Gasteiger charge is 2.11. The lowest BCUT2D eigenvalue weighted by molar-refractivity contribution is -0.138. The van der Waals surface area contributed by atoms with Gasteiger partial charge in [0.05, 0.1) is 12.2 Å². The summed E-state index contributed by atoms with van der Waals surface area (Å²) in [6.45, 7) is 4.14. The Morgan fingerprint density at radius 2 is 1.89 bits per heavy atom. The van der Waals surface area contributed by atoms with Gasteiger partial charge in [-0.05, 0) is 23.6 Å². The Hall–Kier alpha value is -1.81. The number of benzene rings is 1. The number of nitrogens with two attached hydrogens (primary N) is 1. The summed E-state index contributed by atoms with van der Waals surface area (Å²) in [5.74, 6) is -1.05. The van der Waals surface area contributed by atoms with E-state index in [4.69, 9.17) is 22.1 Å². The maximum Gasteiger partial charge on any atom is 0.331 e. The fourth-order valence-electron chi connectivity index (χ4n) is 1.33. The second-order valence-corrected chi connectivity index (χ2v) is 4.89. The number of halogens is 1. The van der Waals surface area contributed by atoms with Crippen LogP contribution in [-0.4, -0.2) is 18.5 Å². The topological polar surface area (TPSA) is 69.4 Å². The summed E-state index contributed by atoms with van der Waals surface area (Å²) in [4.78, 5) is 22.9. The molecule has 0 aliphatic rings. The normalized spacial score (nSPS) is 11.5. The van der Waals surface area contributed by atoms with Gasteiger partial charge in [-0.15, -0.1) is 0 Å². The summed E-state index contributed by atoms with van der Waals surface area (Å²) in [6.07, 6.45) is 1.11. The van der Waals surface area contributed by atoms with E-state index in [0.29, 0.717) is 17.2 Å². The second-order valence-electron chi connectivity index (χ2n) is 4.45. The van der Waals surface area contributed by atoms with Crippen molar-refractivity contribution in [2.45, 2.75) is 13.8 Å². The molecule has 1 rings (SSSR count). The minimum absolute atomic E-state index is 0.102.